The molecule has 2 atom stereocenters. The summed E-state index contributed by atoms with van der Waals surface area (Å²) in [6.07, 6.45) is 0.169. The van der Waals surface area contributed by atoms with Crippen LogP contribution in [0.2, 0.25) is 0 Å². The number of ether oxygens (including phenoxy) is 1. The number of benzene rings is 1. The van der Waals surface area contributed by atoms with Gasteiger partial charge >= 0.3 is 0 Å². The highest BCUT2D eigenvalue weighted by Gasteiger charge is 2.33. The van der Waals surface area contributed by atoms with E-state index in [0.29, 0.717) is 6.04 Å². The third-order valence-electron chi connectivity index (χ3n) is 3.44. The maximum Gasteiger partial charge on any atom is 0.0978 e. The first-order valence-electron chi connectivity index (χ1n) is 6.35. The van der Waals surface area contributed by atoms with Crippen molar-refractivity contribution in [3.63, 3.8) is 0 Å². The Hall–Kier alpha value is -0.860. The van der Waals surface area contributed by atoms with Crippen molar-refractivity contribution in [2.24, 2.45) is 0 Å². The molecule has 1 fully saturated rings. The number of hydrogen-bond donors (Lipinski definition) is 1. The van der Waals surface area contributed by atoms with E-state index in [0.717, 1.165) is 6.61 Å². The zero-order chi connectivity index (χ0) is 12.6. The van der Waals surface area contributed by atoms with Crippen molar-refractivity contribution in [3.05, 3.63) is 34.9 Å². The first-order valence-corrected chi connectivity index (χ1v) is 6.35. The fourth-order valence-electron chi connectivity index (χ4n) is 2.60. The number of hydrogen-bond acceptors (Lipinski definition) is 2. The van der Waals surface area contributed by atoms with Crippen LogP contribution in [0.4, 0.5) is 0 Å². The molecule has 1 heterocycles. The zero-order valence-corrected chi connectivity index (χ0v) is 11.5. The summed E-state index contributed by atoms with van der Waals surface area (Å²) in [6.45, 7) is 11.6. The van der Waals surface area contributed by atoms with Crippen LogP contribution >= 0.6 is 0 Å². The van der Waals surface area contributed by atoms with Crippen LogP contribution in [-0.2, 0) is 4.74 Å². The van der Waals surface area contributed by atoms with Crippen molar-refractivity contribution in [2.45, 2.75) is 52.3 Å². The minimum absolute atomic E-state index is 0.0770. The van der Waals surface area contributed by atoms with E-state index in [1.165, 1.54) is 16.7 Å². The predicted molar refractivity (Wildman–Crippen MR) is 71.3 cm³/mol. The van der Waals surface area contributed by atoms with Crippen molar-refractivity contribution in [1.29, 1.82) is 0 Å². The van der Waals surface area contributed by atoms with Gasteiger partial charge in [-0.15, -0.1) is 0 Å². The molecule has 0 aromatic heterocycles. The first kappa shape index (κ1) is 12.6. The molecule has 0 radical (unpaired) electrons. The smallest absolute Gasteiger partial charge is 0.0978 e. The highest BCUT2D eigenvalue weighted by molar-refractivity contribution is 5.33. The Morgan fingerprint density at radius 2 is 2.00 bits per heavy atom. The van der Waals surface area contributed by atoms with Gasteiger partial charge in [-0.3, -0.25) is 0 Å². The number of rotatable bonds is 1. The molecule has 1 saturated heterocycles. The molecule has 2 rings (SSSR count). The quantitative estimate of drug-likeness (QED) is 0.804. The summed E-state index contributed by atoms with van der Waals surface area (Å²) in [5, 5.41) is 3.63. The third-order valence-corrected chi connectivity index (χ3v) is 3.44. The van der Waals surface area contributed by atoms with Crippen LogP contribution in [0, 0.1) is 13.8 Å². The summed E-state index contributed by atoms with van der Waals surface area (Å²) in [4.78, 5) is 0. The lowest BCUT2D eigenvalue weighted by molar-refractivity contribution is -0.0498. The summed E-state index contributed by atoms with van der Waals surface area (Å²) in [5.41, 5.74) is 4.01. The molecule has 0 bridgehead atoms. The lowest BCUT2D eigenvalue weighted by Gasteiger charge is -2.41. The monoisotopic (exact) mass is 233 g/mol. The van der Waals surface area contributed by atoms with Crippen molar-refractivity contribution in [1.82, 2.24) is 5.32 Å². The number of morpholine rings is 1. The highest BCUT2D eigenvalue weighted by atomic mass is 16.5. The Labute approximate surface area is 104 Å². The van der Waals surface area contributed by atoms with E-state index < -0.39 is 0 Å². The SMILES string of the molecule is Cc1ccc(C)c(C2OCC(C)(C)NC2C)c1. The van der Waals surface area contributed by atoms with Gasteiger partial charge in [0.25, 0.3) is 0 Å². The molecular weight excluding hydrogens is 210 g/mol. The summed E-state index contributed by atoms with van der Waals surface area (Å²) in [6, 6.07) is 6.93. The van der Waals surface area contributed by atoms with Gasteiger partial charge in [-0.2, -0.15) is 0 Å². The predicted octanol–water partition coefficient (Wildman–Crippen LogP) is 3.13. The van der Waals surface area contributed by atoms with Crippen LogP contribution in [0.3, 0.4) is 0 Å². The lowest BCUT2D eigenvalue weighted by Crippen LogP contribution is -2.55. The Bertz CT molecular complexity index is 411. The van der Waals surface area contributed by atoms with Crippen LogP contribution in [0.1, 0.15) is 43.6 Å². The first-order chi connectivity index (χ1) is 7.89. The molecule has 1 aromatic carbocycles. The van der Waals surface area contributed by atoms with Gasteiger partial charge in [-0.1, -0.05) is 23.8 Å². The Kier molecular flexibility index (Phi) is 3.28. The van der Waals surface area contributed by atoms with Gasteiger partial charge in [0.2, 0.25) is 0 Å². The fourth-order valence-corrected chi connectivity index (χ4v) is 2.60. The Balaban J connectivity index is 2.26. The minimum atomic E-state index is 0.0770. The van der Waals surface area contributed by atoms with Gasteiger partial charge in [-0.05, 0) is 45.7 Å². The largest absolute Gasteiger partial charge is 0.370 e. The van der Waals surface area contributed by atoms with Gasteiger partial charge < -0.3 is 10.1 Å². The van der Waals surface area contributed by atoms with E-state index in [1.807, 2.05) is 0 Å². The van der Waals surface area contributed by atoms with E-state index in [2.05, 4.69) is 58.1 Å². The normalized spacial score (nSPS) is 28.1. The standard InChI is InChI=1S/C15H23NO/c1-10-6-7-11(2)13(8-10)14-12(3)16-15(4,5)9-17-14/h6-8,12,14,16H,9H2,1-5H3. The van der Waals surface area contributed by atoms with Gasteiger partial charge in [0, 0.05) is 11.6 Å². The molecule has 2 heteroatoms. The summed E-state index contributed by atoms with van der Waals surface area (Å²) < 4.78 is 6.06. The van der Waals surface area contributed by atoms with Gasteiger partial charge in [0.15, 0.2) is 0 Å². The molecule has 1 aliphatic rings. The summed E-state index contributed by atoms with van der Waals surface area (Å²) >= 11 is 0. The van der Waals surface area contributed by atoms with Crippen LogP contribution in [-0.4, -0.2) is 18.2 Å². The van der Waals surface area contributed by atoms with Crippen LogP contribution in [0.5, 0.6) is 0 Å². The third kappa shape index (κ3) is 2.70. The second-order valence-corrected chi connectivity index (χ2v) is 5.91. The van der Waals surface area contributed by atoms with E-state index in [9.17, 15) is 0 Å². The van der Waals surface area contributed by atoms with E-state index >= 15 is 0 Å². The molecular formula is C15H23NO. The molecule has 1 N–H and O–H groups in total. The maximum absolute atomic E-state index is 6.06. The molecule has 0 spiro atoms. The van der Waals surface area contributed by atoms with Gasteiger partial charge in [-0.25, -0.2) is 0 Å². The molecule has 1 aromatic rings. The molecule has 2 unspecified atom stereocenters. The van der Waals surface area contributed by atoms with Crippen LogP contribution in [0.15, 0.2) is 18.2 Å². The number of nitrogens with one attached hydrogen (secondary N) is 1. The second-order valence-electron chi connectivity index (χ2n) is 5.91. The van der Waals surface area contributed by atoms with Crippen molar-refractivity contribution < 1.29 is 4.74 Å². The molecule has 94 valence electrons. The van der Waals surface area contributed by atoms with E-state index in [4.69, 9.17) is 4.74 Å². The van der Waals surface area contributed by atoms with Gasteiger partial charge in [0.05, 0.1) is 12.7 Å². The van der Waals surface area contributed by atoms with Gasteiger partial charge in [0.1, 0.15) is 0 Å². The molecule has 1 aliphatic heterocycles. The molecule has 0 amide bonds. The lowest BCUT2D eigenvalue weighted by atomic mass is 9.92. The highest BCUT2D eigenvalue weighted by Crippen LogP contribution is 2.30. The van der Waals surface area contributed by atoms with Crippen molar-refractivity contribution in [3.8, 4) is 0 Å². The average Bonchev–Trinajstić information content (AvgIpc) is 2.21. The Morgan fingerprint density at radius 3 is 2.65 bits per heavy atom. The zero-order valence-electron chi connectivity index (χ0n) is 11.5. The molecule has 2 nitrogen and oxygen atoms in total. The van der Waals surface area contributed by atoms with Crippen molar-refractivity contribution in [2.75, 3.05) is 6.61 Å². The molecule has 17 heavy (non-hydrogen) atoms. The second kappa shape index (κ2) is 4.43. The fraction of sp³-hybridized carbons (Fsp3) is 0.600. The summed E-state index contributed by atoms with van der Waals surface area (Å²) in [5.74, 6) is 0. The minimum Gasteiger partial charge on any atom is -0.370 e. The topological polar surface area (TPSA) is 21.3 Å². The van der Waals surface area contributed by atoms with Crippen LogP contribution < -0.4 is 5.32 Å². The summed E-state index contributed by atoms with van der Waals surface area (Å²) in [7, 11) is 0. The van der Waals surface area contributed by atoms with E-state index in [1.54, 1.807) is 0 Å². The van der Waals surface area contributed by atoms with E-state index in [-0.39, 0.29) is 11.6 Å². The Morgan fingerprint density at radius 1 is 1.29 bits per heavy atom. The van der Waals surface area contributed by atoms with Crippen molar-refractivity contribution >= 4 is 0 Å². The van der Waals surface area contributed by atoms with Crippen LogP contribution in [0.25, 0.3) is 0 Å². The average molecular weight is 233 g/mol. The number of aryl methyl sites for hydroxylation is 2. The molecule has 0 saturated carbocycles. The molecule has 0 aliphatic carbocycles. The maximum atomic E-state index is 6.06.